The van der Waals surface area contributed by atoms with Crippen molar-refractivity contribution < 1.29 is 9.90 Å². The van der Waals surface area contributed by atoms with E-state index in [1.54, 1.807) is 29.2 Å². The molecule has 2 rings (SSSR count). The van der Waals surface area contributed by atoms with Crippen LogP contribution in [0.1, 0.15) is 5.56 Å². The van der Waals surface area contributed by atoms with Crippen molar-refractivity contribution in [2.24, 2.45) is 0 Å². The Bertz CT molecular complexity index is 664. The van der Waals surface area contributed by atoms with Gasteiger partial charge in [-0.05, 0) is 42.0 Å². The van der Waals surface area contributed by atoms with E-state index in [4.69, 9.17) is 28.3 Å². The first kappa shape index (κ1) is 16.1. The lowest BCUT2D eigenvalue weighted by Crippen LogP contribution is -2.29. The maximum absolute atomic E-state index is 11.1. The van der Waals surface area contributed by atoms with Gasteiger partial charge in [0.05, 0.1) is 0 Å². The minimum atomic E-state index is -0.909. The SMILES string of the molecule is O=C(O)CN(Cc1cc(Cl)ccc1Br)c1cccc(Cl)c1. The number of carboxylic acids is 1. The van der Waals surface area contributed by atoms with Crippen LogP contribution in [0.15, 0.2) is 46.9 Å². The molecule has 3 nitrogen and oxygen atoms in total. The summed E-state index contributed by atoms with van der Waals surface area (Å²) in [4.78, 5) is 12.8. The topological polar surface area (TPSA) is 40.5 Å². The van der Waals surface area contributed by atoms with Crippen molar-refractivity contribution in [2.45, 2.75) is 6.54 Å². The van der Waals surface area contributed by atoms with Gasteiger partial charge in [0, 0.05) is 26.8 Å². The van der Waals surface area contributed by atoms with E-state index in [-0.39, 0.29) is 6.54 Å². The number of hydrogen-bond donors (Lipinski definition) is 1. The molecule has 0 fully saturated rings. The molecular formula is C15H12BrCl2NO2. The Morgan fingerprint density at radius 3 is 2.52 bits per heavy atom. The number of aliphatic carboxylic acids is 1. The molecule has 0 unspecified atom stereocenters. The summed E-state index contributed by atoms with van der Waals surface area (Å²) in [6.07, 6.45) is 0. The van der Waals surface area contributed by atoms with Crippen LogP contribution >= 0.6 is 39.1 Å². The summed E-state index contributed by atoms with van der Waals surface area (Å²) in [5, 5.41) is 10.3. The summed E-state index contributed by atoms with van der Waals surface area (Å²) in [5.41, 5.74) is 1.65. The smallest absolute Gasteiger partial charge is 0.323 e. The second-order valence-corrected chi connectivity index (χ2v) is 6.19. The first-order valence-electron chi connectivity index (χ1n) is 6.12. The van der Waals surface area contributed by atoms with Crippen molar-refractivity contribution in [1.82, 2.24) is 0 Å². The molecule has 2 aromatic carbocycles. The van der Waals surface area contributed by atoms with Crippen molar-refractivity contribution in [3.8, 4) is 0 Å². The van der Waals surface area contributed by atoms with Gasteiger partial charge in [-0.25, -0.2) is 0 Å². The molecule has 0 atom stereocenters. The molecule has 0 radical (unpaired) electrons. The second kappa shape index (κ2) is 7.16. The summed E-state index contributed by atoms with van der Waals surface area (Å²) in [5.74, 6) is -0.909. The molecule has 0 aliphatic rings. The van der Waals surface area contributed by atoms with E-state index < -0.39 is 5.97 Å². The predicted molar refractivity (Wildman–Crippen MR) is 89.3 cm³/mol. The molecule has 0 aliphatic carbocycles. The highest BCUT2D eigenvalue weighted by molar-refractivity contribution is 9.10. The number of carbonyl (C=O) groups is 1. The maximum Gasteiger partial charge on any atom is 0.323 e. The standard InChI is InChI=1S/C15H12BrCl2NO2/c16-14-5-4-12(18)6-10(14)8-19(9-15(20)21)13-3-1-2-11(17)7-13/h1-7H,8-9H2,(H,20,21). The second-order valence-electron chi connectivity index (χ2n) is 4.47. The molecule has 0 spiro atoms. The van der Waals surface area contributed by atoms with Crippen LogP contribution in [0.2, 0.25) is 10.0 Å². The Hall–Kier alpha value is -1.23. The molecule has 21 heavy (non-hydrogen) atoms. The summed E-state index contributed by atoms with van der Waals surface area (Å²) >= 11 is 15.4. The van der Waals surface area contributed by atoms with Gasteiger partial charge in [0.2, 0.25) is 0 Å². The molecule has 0 aliphatic heterocycles. The number of carboxylic acid groups (broad SMARTS) is 1. The lowest BCUT2D eigenvalue weighted by Gasteiger charge is -2.24. The fraction of sp³-hybridized carbons (Fsp3) is 0.133. The number of halogens is 3. The van der Waals surface area contributed by atoms with Crippen LogP contribution in [0, 0.1) is 0 Å². The summed E-state index contributed by atoms with van der Waals surface area (Å²) in [7, 11) is 0. The van der Waals surface area contributed by atoms with Crippen LogP contribution in [0.3, 0.4) is 0 Å². The predicted octanol–water partition coefficient (Wildman–Crippen LogP) is 4.85. The minimum Gasteiger partial charge on any atom is -0.480 e. The van der Waals surface area contributed by atoms with Gasteiger partial charge in [-0.1, -0.05) is 45.2 Å². The van der Waals surface area contributed by atoms with E-state index in [0.717, 1.165) is 15.7 Å². The quantitative estimate of drug-likeness (QED) is 0.795. The van der Waals surface area contributed by atoms with Crippen LogP contribution in [0.5, 0.6) is 0 Å². The van der Waals surface area contributed by atoms with E-state index in [9.17, 15) is 4.79 Å². The van der Waals surface area contributed by atoms with E-state index in [1.807, 2.05) is 18.2 Å². The van der Waals surface area contributed by atoms with Crippen molar-refractivity contribution in [2.75, 3.05) is 11.4 Å². The van der Waals surface area contributed by atoms with Crippen LogP contribution in [-0.2, 0) is 11.3 Å². The number of nitrogens with zero attached hydrogens (tertiary/aromatic N) is 1. The Labute approximate surface area is 141 Å². The third kappa shape index (κ3) is 4.63. The van der Waals surface area contributed by atoms with Crippen molar-refractivity contribution >= 4 is 50.8 Å². The zero-order valence-corrected chi connectivity index (χ0v) is 14.0. The van der Waals surface area contributed by atoms with E-state index in [1.165, 1.54) is 0 Å². The normalized spacial score (nSPS) is 10.4. The lowest BCUT2D eigenvalue weighted by atomic mass is 10.2. The Kier molecular flexibility index (Phi) is 5.51. The molecule has 2 aromatic rings. The van der Waals surface area contributed by atoms with E-state index in [2.05, 4.69) is 15.9 Å². The third-order valence-electron chi connectivity index (χ3n) is 2.87. The summed E-state index contributed by atoms with van der Waals surface area (Å²) in [6.45, 7) is 0.285. The molecule has 0 heterocycles. The van der Waals surface area contributed by atoms with Gasteiger partial charge in [0.1, 0.15) is 6.54 Å². The molecule has 0 amide bonds. The number of hydrogen-bond acceptors (Lipinski definition) is 2. The Morgan fingerprint density at radius 1 is 1.14 bits per heavy atom. The van der Waals surface area contributed by atoms with Gasteiger partial charge < -0.3 is 10.0 Å². The largest absolute Gasteiger partial charge is 0.480 e. The zero-order chi connectivity index (χ0) is 15.4. The highest BCUT2D eigenvalue weighted by Gasteiger charge is 2.13. The maximum atomic E-state index is 11.1. The molecule has 0 saturated heterocycles. The summed E-state index contributed by atoms with van der Waals surface area (Å²) < 4.78 is 0.879. The molecule has 110 valence electrons. The molecule has 0 aromatic heterocycles. The van der Waals surface area contributed by atoms with Gasteiger partial charge in [0.25, 0.3) is 0 Å². The van der Waals surface area contributed by atoms with Crippen molar-refractivity contribution in [3.63, 3.8) is 0 Å². The zero-order valence-electron chi connectivity index (χ0n) is 10.9. The lowest BCUT2D eigenvalue weighted by molar-refractivity contribution is -0.135. The number of rotatable bonds is 5. The number of benzene rings is 2. The average molecular weight is 389 g/mol. The van der Waals surface area contributed by atoms with Gasteiger partial charge in [-0.2, -0.15) is 0 Å². The molecular weight excluding hydrogens is 377 g/mol. The fourth-order valence-electron chi connectivity index (χ4n) is 1.94. The van der Waals surface area contributed by atoms with Crippen molar-refractivity contribution in [1.29, 1.82) is 0 Å². The fourth-order valence-corrected chi connectivity index (χ4v) is 2.70. The third-order valence-corrected chi connectivity index (χ3v) is 4.11. The van der Waals surface area contributed by atoms with Gasteiger partial charge in [-0.3, -0.25) is 4.79 Å². The van der Waals surface area contributed by atoms with Crippen LogP contribution in [0.25, 0.3) is 0 Å². The average Bonchev–Trinajstić information content (AvgIpc) is 2.41. The minimum absolute atomic E-state index is 0.126. The first-order chi connectivity index (χ1) is 9.95. The monoisotopic (exact) mass is 387 g/mol. The Balaban J connectivity index is 2.32. The van der Waals surface area contributed by atoms with Crippen LogP contribution in [0.4, 0.5) is 5.69 Å². The highest BCUT2D eigenvalue weighted by Crippen LogP contribution is 2.26. The first-order valence-corrected chi connectivity index (χ1v) is 7.67. The molecule has 0 saturated carbocycles. The van der Waals surface area contributed by atoms with E-state index in [0.29, 0.717) is 16.6 Å². The Morgan fingerprint density at radius 2 is 1.86 bits per heavy atom. The van der Waals surface area contributed by atoms with E-state index >= 15 is 0 Å². The highest BCUT2D eigenvalue weighted by atomic mass is 79.9. The van der Waals surface area contributed by atoms with Gasteiger partial charge >= 0.3 is 5.97 Å². The van der Waals surface area contributed by atoms with Crippen molar-refractivity contribution in [3.05, 3.63) is 62.5 Å². The van der Waals surface area contributed by atoms with Gasteiger partial charge in [0.15, 0.2) is 0 Å². The van der Waals surface area contributed by atoms with Gasteiger partial charge in [-0.15, -0.1) is 0 Å². The molecule has 0 bridgehead atoms. The molecule has 6 heteroatoms. The molecule has 1 N–H and O–H groups in total. The van der Waals surface area contributed by atoms with Crippen LogP contribution < -0.4 is 4.90 Å². The number of anilines is 1. The summed E-state index contributed by atoms with van der Waals surface area (Å²) in [6, 6.07) is 12.5. The van der Waals surface area contributed by atoms with Crippen LogP contribution in [-0.4, -0.2) is 17.6 Å².